The zero-order valence-corrected chi connectivity index (χ0v) is 16.0. The Hall–Kier alpha value is -3.03. The molecule has 152 valence electrons. The van der Waals surface area contributed by atoms with E-state index in [4.69, 9.17) is 0 Å². The highest BCUT2D eigenvalue weighted by molar-refractivity contribution is 5.95. The van der Waals surface area contributed by atoms with Crippen LogP contribution in [-0.2, 0) is 4.79 Å². The lowest BCUT2D eigenvalue weighted by molar-refractivity contribution is -0.141. The van der Waals surface area contributed by atoms with E-state index in [-0.39, 0.29) is 23.3 Å². The van der Waals surface area contributed by atoms with Gasteiger partial charge in [0.2, 0.25) is 5.43 Å². The molecule has 1 amide bonds. The molecule has 0 unspecified atom stereocenters. The Morgan fingerprint density at radius 2 is 1.93 bits per heavy atom. The first-order chi connectivity index (χ1) is 13.9. The number of likely N-dealkylation sites (tertiary alicyclic amines) is 1. The Balaban J connectivity index is 1.78. The van der Waals surface area contributed by atoms with E-state index in [1.807, 2.05) is 0 Å². The molecule has 29 heavy (non-hydrogen) atoms. The van der Waals surface area contributed by atoms with Crippen molar-refractivity contribution in [1.29, 1.82) is 0 Å². The second-order valence-electron chi connectivity index (χ2n) is 7.78. The number of amides is 1. The number of hydrogen-bond acceptors (Lipinski definition) is 4. The summed E-state index contributed by atoms with van der Waals surface area (Å²) in [6.45, 7) is 1.60. The molecule has 1 saturated heterocycles. The van der Waals surface area contributed by atoms with E-state index in [0.717, 1.165) is 19.3 Å². The molecule has 1 aromatic heterocycles. The molecule has 4 rings (SSSR count). The Bertz CT molecular complexity index is 1030. The zero-order chi connectivity index (χ0) is 20.7. The van der Waals surface area contributed by atoms with Gasteiger partial charge < -0.3 is 10.0 Å². The smallest absolute Gasteiger partial charge is 0.326 e. The number of aryl methyl sites for hydroxylation is 1. The molecular formula is C21H22FN3O4. The number of fused-ring (bicyclic) bond motifs is 1. The number of aliphatic carboxylic acids is 1. The van der Waals surface area contributed by atoms with Crippen LogP contribution in [-0.4, -0.2) is 43.7 Å². The van der Waals surface area contributed by atoms with Gasteiger partial charge in [0.05, 0.1) is 0 Å². The molecule has 2 heterocycles. The highest BCUT2D eigenvalue weighted by Crippen LogP contribution is 2.40. The normalized spacial score (nSPS) is 23.7. The number of hydrogen-bond donors (Lipinski definition) is 1. The lowest BCUT2D eigenvalue weighted by atomic mass is 9.84. The highest BCUT2D eigenvalue weighted by Gasteiger charge is 2.48. The number of halogens is 1. The van der Waals surface area contributed by atoms with E-state index < -0.39 is 29.2 Å². The topological polar surface area (TPSA) is 92.5 Å². The molecule has 0 bridgehead atoms. The monoisotopic (exact) mass is 399 g/mol. The zero-order valence-electron chi connectivity index (χ0n) is 16.0. The standard InChI is InChI=1S/C21H22FN3O4/c1-12-10-18(26)19(23-25(12)16-9-5-3-7-14(16)22)20(27)24-15-8-4-2-6-13(15)11-17(24)21(28)29/h3,5,7,9-10,13,15,17H,2,4,6,8,11H2,1H3,(H,28,29)/t13-,15+,17-/m0/s1. The third-order valence-corrected chi connectivity index (χ3v) is 6.00. The first-order valence-electron chi connectivity index (χ1n) is 9.80. The minimum Gasteiger partial charge on any atom is -0.480 e. The Kier molecular flexibility index (Phi) is 4.94. The SMILES string of the molecule is Cc1cc(=O)c(C(=O)N2[C@@H]3CCCC[C@H]3C[C@H]2C(=O)O)nn1-c1ccccc1F. The minimum absolute atomic E-state index is 0.116. The number of carbonyl (C=O) groups excluding carboxylic acids is 1. The Morgan fingerprint density at radius 3 is 2.66 bits per heavy atom. The molecule has 2 fully saturated rings. The number of nitrogens with zero attached hydrogens (tertiary/aromatic N) is 3. The summed E-state index contributed by atoms with van der Waals surface area (Å²) in [7, 11) is 0. The molecule has 0 radical (unpaired) electrons. The van der Waals surface area contributed by atoms with Crippen LogP contribution in [0.5, 0.6) is 0 Å². The number of benzene rings is 1. The van der Waals surface area contributed by atoms with Crippen molar-refractivity contribution >= 4 is 11.9 Å². The molecule has 1 aromatic carbocycles. The van der Waals surface area contributed by atoms with Crippen molar-refractivity contribution < 1.29 is 19.1 Å². The lowest BCUT2D eigenvalue weighted by Gasteiger charge is -2.32. The molecule has 0 spiro atoms. The van der Waals surface area contributed by atoms with Crippen LogP contribution in [0.1, 0.15) is 48.3 Å². The van der Waals surface area contributed by atoms with Gasteiger partial charge in [-0.25, -0.2) is 13.9 Å². The van der Waals surface area contributed by atoms with Crippen molar-refractivity contribution in [1.82, 2.24) is 14.7 Å². The lowest BCUT2D eigenvalue weighted by Crippen LogP contribution is -2.48. The van der Waals surface area contributed by atoms with Gasteiger partial charge in [0.25, 0.3) is 5.91 Å². The van der Waals surface area contributed by atoms with E-state index in [2.05, 4.69) is 5.10 Å². The average molecular weight is 399 g/mol. The second-order valence-corrected chi connectivity index (χ2v) is 7.78. The summed E-state index contributed by atoms with van der Waals surface area (Å²) in [6, 6.07) is 5.99. The summed E-state index contributed by atoms with van der Waals surface area (Å²) in [5.74, 6) is -2.19. The quantitative estimate of drug-likeness (QED) is 0.856. The number of aromatic nitrogens is 2. The van der Waals surface area contributed by atoms with Crippen LogP contribution in [0.15, 0.2) is 35.1 Å². The van der Waals surface area contributed by atoms with Crippen molar-refractivity contribution in [2.45, 2.75) is 51.1 Å². The maximum absolute atomic E-state index is 14.3. The van der Waals surface area contributed by atoms with Crippen LogP contribution in [0.3, 0.4) is 0 Å². The molecule has 1 aliphatic carbocycles. The van der Waals surface area contributed by atoms with Crippen LogP contribution >= 0.6 is 0 Å². The molecule has 8 heteroatoms. The summed E-state index contributed by atoms with van der Waals surface area (Å²) in [6.07, 6.45) is 3.90. The fourth-order valence-electron chi connectivity index (χ4n) is 4.66. The van der Waals surface area contributed by atoms with E-state index in [9.17, 15) is 23.9 Å². The largest absolute Gasteiger partial charge is 0.480 e. The molecule has 2 aromatic rings. The number of carboxylic acids is 1. The van der Waals surface area contributed by atoms with Gasteiger partial charge in [0.1, 0.15) is 17.5 Å². The van der Waals surface area contributed by atoms with Crippen LogP contribution in [0.25, 0.3) is 5.69 Å². The van der Waals surface area contributed by atoms with Crippen LogP contribution in [0, 0.1) is 18.7 Å². The summed E-state index contributed by atoms with van der Waals surface area (Å²) < 4.78 is 15.5. The Morgan fingerprint density at radius 1 is 1.21 bits per heavy atom. The average Bonchev–Trinajstić information content (AvgIpc) is 3.08. The van der Waals surface area contributed by atoms with Crippen molar-refractivity contribution in [3.05, 3.63) is 57.8 Å². The molecule has 1 N–H and O–H groups in total. The highest BCUT2D eigenvalue weighted by atomic mass is 19.1. The van der Waals surface area contributed by atoms with Crippen LogP contribution in [0.2, 0.25) is 0 Å². The summed E-state index contributed by atoms with van der Waals surface area (Å²) >= 11 is 0. The first-order valence-corrected chi connectivity index (χ1v) is 9.80. The van der Waals surface area contributed by atoms with E-state index in [0.29, 0.717) is 18.5 Å². The number of carbonyl (C=O) groups is 2. The summed E-state index contributed by atoms with van der Waals surface area (Å²) in [4.78, 5) is 39.0. The van der Waals surface area contributed by atoms with Gasteiger partial charge in [-0.1, -0.05) is 25.0 Å². The van der Waals surface area contributed by atoms with Gasteiger partial charge in [0.15, 0.2) is 5.69 Å². The van der Waals surface area contributed by atoms with Gasteiger partial charge in [-0.05, 0) is 44.2 Å². The molecule has 1 saturated carbocycles. The van der Waals surface area contributed by atoms with Crippen molar-refractivity contribution in [3.63, 3.8) is 0 Å². The summed E-state index contributed by atoms with van der Waals surface area (Å²) in [5, 5.41) is 13.8. The van der Waals surface area contributed by atoms with Gasteiger partial charge in [-0.15, -0.1) is 0 Å². The molecular weight excluding hydrogens is 377 g/mol. The molecule has 1 aliphatic heterocycles. The first kappa shape index (κ1) is 19.3. The fourth-order valence-corrected chi connectivity index (χ4v) is 4.66. The summed E-state index contributed by atoms with van der Waals surface area (Å²) in [5.41, 5.74) is -0.478. The van der Waals surface area contributed by atoms with Crippen molar-refractivity contribution in [2.24, 2.45) is 5.92 Å². The molecule has 2 aliphatic rings. The Labute approximate surface area is 166 Å². The van der Waals surface area contributed by atoms with E-state index in [1.54, 1.807) is 13.0 Å². The third kappa shape index (κ3) is 3.32. The van der Waals surface area contributed by atoms with Crippen LogP contribution in [0.4, 0.5) is 4.39 Å². The number of para-hydroxylation sites is 1. The number of carboxylic acid groups (broad SMARTS) is 1. The molecule has 7 nitrogen and oxygen atoms in total. The number of rotatable bonds is 3. The fraction of sp³-hybridized carbons (Fsp3) is 0.429. The van der Waals surface area contributed by atoms with Crippen molar-refractivity contribution in [3.8, 4) is 5.69 Å². The van der Waals surface area contributed by atoms with E-state index >= 15 is 0 Å². The van der Waals surface area contributed by atoms with E-state index in [1.165, 1.54) is 33.8 Å². The second kappa shape index (κ2) is 7.42. The van der Waals surface area contributed by atoms with Gasteiger partial charge in [0, 0.05) is 17.8 Å². The van der Waals surface area contributed by atoms with Crippen molar-refractivity contribution in [2.75, 3.05) is 0 Å². The van der Waals surface area contributed by atoms with Gasteiger partial charge in [-0.2, -0.15) is 5.10 Å². The third-order valence-electron chi connectivity index (χ3n) is 6.00. The maximum Gasteiger partial charge on any atom is 0.326 e. The minimum atomic E-state index is -1.07. The van der Waals surface area contributed by atoms with Gasteiger partial charge in [-0.3, -0.25) is 9.59 Å². The predicted octanol–water partition coefficient (Wildman–Crippen LogP) is 2.54. The van der Waals surface area contributed by atoms with Crippen LogP contribution < -0.4 is 5.43 Å². The van der Waals surface area contributed by atoms with Gasteiger partial charge >= 0.3 is 5.97 Å². The molecule has 3 atom stereocenters. The predicted molar refractivity (Wildman–Crippen MR) is 102 cm³/mol. The maximum atomic E-state index is 14.3.